The third-order valence-electron chi connectivity index (χ3n) is 4.10. The van der Waals surface area contributed by atoms with Crippen molar-refractivity contribution in [1.29, 1.82) is 0 Å². The van der Waals surface area contributed by atoms with E-state index >= 15 is 0 Å². The summed E-state index contributed by atoms with van der Waals surface area (Å²) in [4.78, 5) is 15.8. The largest absolute Gasteiger partial charge is 0.326 e. The van der Waals surface area contributed by atoms with Crippen LogP contribution in [-0.4, -0.2) is 20.7 Å². The fraction of sp³-hybridized carbons (Fsp3) is 0.438. The van der Waals surface area contributed by atoms with Crippen molar-refractivity contribution in [2.75, 3.05) is 5.32 Å². The highest BCUT2D eigenvalue weighted by atomic mass is 19.1. The number of nitrogens with one attached hydrogen (secondary N) is 1. The van der Waals surface area contributed by atoms with Crippen molar-refractivity contribution in [3.05, 3.63) is 36.7 Å². The second kappa shape index (κ2) is 6.68. The Labute approximate surface area is 128 Å². The summed E-state index contributed by atoms with van der Waals surface area (Å²) in [5.41, 5.74) is 0.782. The molecule has 1 aromatic heterocycles. The Kier molecular flexibility index (Phi) is 4.46. The molecule has 3 rings (SSSR count). The molecule has 0 spiro atoms. The summed E-state index contributed by atoms with van der Waals surface area (Å²) in [5, 5.41) is 6.67. The zero-order chi connectivity index (χ0) is 15.4. The molecule has 1 aromatic carbocycles. The number of amides is 1. The molecule has 0 unspecified atom stereocenters. The Bertz CT molecular complexity index is 636. The fourth-order valence-electron chi connectivity index (χ4n) is 2.97. The molecule has 6 heteroatoms. The van der Waals surface area contributed by atoms with Crippen LogP contribution in [0.3, 0.4) is 0 Å². The number of benzene rings is 1. The van der Waals surface area contributed by atoms with Crippen LogP contribution in [0.5, 0.6) is 0 Å². The minimum Gasteiger partial charge on any atom is -0.326 e. The van der Waals surface area contributed by atoms with Gasteiger partial charge in [0.1, 0.15) is 18.3 Å². The molecule has 0 bridgehead atoms. The summed E-state index contributed by atoms with van der Waals surface area (Å²) < 4.78 is 15.4. The molecular weight excluding hydrogens is 283 g/mol. The number of rotatable bonds is 4. The minimum absolute atomic E-state index is 0.0418. The molecule has 5 nitrogen and oxygen atoms in total. The lowest BCUT2D eigenvalue weighted by Gasteiger charge is -2.20. The monoisotopic (exact) mass is 302 g/mol. The lowest BCUT2D eigenvalue weighted by atomic mass is 9.87. The minimum atomic E-state index is -0.444. The first-order valence-electron chi connectivity index (χ1n) is 7.67. The van der Waals surface area contributed by atoms with Gasteiger partial charge >= 0.3 is 0 Å². The standard InChI is InChI=1S/C16H19FN4O/c17-14-9-13(6-7-15(14)21-11-18-10-19-21)20-16(22)8-12-4-2-1-3-5-12/h6-7,9-12H,1-5,8H2,(H,20,22). The highest BCUT2D eigenvalue weighted by Crippen LogP contribution is 2.26. The number of hydrogen-bond donors (Lipinski definition) is 1. The van der Waals surface area contributed by atoms with Gasteiger partial charge in [-0.2, -0.15) is 5.10 Å². The fourth-order valence-corrected chi connectivity index (χ4v) is 2.97. The van der Waals surface area contributed by atoms with Crippen molar-refractivity contribution in [1.82, 2.24) is 14.8 Å². The molecule has 1 heterocycles. The maximum atomic E-state index is 14.1. The van der Waals surface area contributed by atoms with Gasteiger partial charge in [0.05, 0.1) is 0 Å². The van der Waals surface area contributed by atoms with Crippen LogP contribution < -0.4 is 5.32 Å². The second-order valence-corrected chi connectivity index (χ2v) is 5.76. The van der Waals surface area contributed by atoms with Crippen molar-refractivity contribution in [2.24, 2.45) is 5.92 Å². The number of nitrogens with zero attached hydrogens (tertiary/aromatic N) is 3. The SMILES string of the molecule is O=C(CC1CCCCC1)Nc1ccc(-n2cncn2)c(F)c1. The van der Waals surface area contributed by atoms with Gasteiger partial charge in [0.25, 0.3) is 0 Å². The molecule has 1 aliphatic carbocycles. The zero-order valence-corrected chi connectivity index (χ0v) is 12.3. The summed E-state index contributed by atoms with van der Waals surface area (Å²) >= 11 is 0. The van der Waals surface area contributed by atoms with E-state index in [-0.39, 0.29) is 5.91 Å². The van der Waals surface area contributed by atoms with Gasteiger partial charge < -0.3 is 5.32 Å². The summed E-state index contributed by atoms with van der Waals surface area (Å²) in [6, 6.07) is 4.58. The van der Waals surface area contributed by atoms with E-state index in [0.717, 1.165) is 12.8 Å². The number of anilines is 1. The van der Waals surface area contributed by atoms with Crippen LogP contribution in [0.2, 0.25) is 0 Å². The molecule has 22 heavy (non-hydrogen) atoms. The molecule has 1 aliphatic rings. The van der Waals surface area contributed by atoms with E-state index in [0.29, 0.717) is 23.7 Å². The first kappa shape index (κ1) is 14.7. The molecule has 1 fully saturated rings. The van der Waals surface area contributed by atoms with E-state index in [1.54, 1.807) is 12.1 Å². The maximum Gasteiger partial charge on any atom is 0.224 e. The van der Waals surface area contributed by atoms with Crippen molar-refractivity contribution in [3.8, 4) is 5.69 Å². The van der Waals surface area contributed by atoms with Crippen molar-refractivity contribution < 1.29 is 9.18 Å². The first-order chi connectivity index (χ1) is 10.7. The summed E-state index contributed by atoms with van der Waals surface area (Å²) in [6.45, 7) is 0. The summed E-state index contributed by atoms with van der Waals surface area (Å²) in [7, 11) is 0. The summed E-state index contributed by atoms with van der Waals surface area (Å²) in [5.74, 6) is -0.0196. The highest BCUT2D eigenvalue weighted by molar-refractivity contribution is 5.90. The molecule has 0 atom stereocenters. The van der Waals surface area contributed by atoms with Crippen LogP contribution >= 0.6 is 0 Å². The van der Waals surface area contributed by atoms with Gasteiger partial charge in [-0.05, 0) is 37.0 Å². The van der Waals surface area contributed by atoms with E-state index in [9.17, 15) is 9.18 Å². The van der Waals surface area contributed by atoms with Crippen LogP contribution in [0.1, 0.15) is 38.5 Å². The number of halogens is 1. The number of aromatic nitrogens is 3. The predicted octanol–water partition coefficient (Wildman–Crippen LogP) is 3.32. The Hall–Kier alpha value is -2.24. The number of hydrogen-bond acceptors (Lipinski definition) is 3. The van der Waals surface area contributed by atoms with E-state index in [4.69, 9.17) is 0 Å². The lowest BCUT2D eigenvalue weighted by Crippen LogP contribution is -2.18. The molecular formula is C16H19FN4O. The Morgan fingerprint density at radius 2 is 2.14 bits per heavy atom. The van der Waals surface area contributed by atoms with Crippen LogP contribution in [0.15, 0.2) is 30.9 Å². The molecule has 2 aromatic rings. The van der Waals surface area contributed by atoms with Crippen molar-refractivity contribution in [3.63, 3.8) is 0 Å². The molecule has 0 saturated heterocycles. The predicted molar refractivity (Wildman–Crippen MR) is 81.1 cm³/mol. The number of carbonyl (C=O) groups is 1. The summed E-state index contributed by atoms with van der Waals surface area (Å²) in [6.07, 6.45) is 9.22. The zero-order valence-electron chi connectivity index (χ0n) is 12.3. The Morgan fingerprint density at radius 3 is 2.82 bits per heavy atom. The van der Waals surface area contributed by atoms with Crippen LogP contribution in [-0.2, 0) is 4.79 Å². The van der Waals surface area contributed by atoms with Gasteiger partial charge in [0.2, 0.25) is 5.91 Å². The topological polar surface area (TPSA) is 59.8 Å². The molecule has 0 radical (unpaired) electrons. The van der Waals surface area contributed by atoms with Gasteiger partial charge in [-0.3, -0.25) is 4.79 Å². The second-order valence-electron chi connectivity index (χ2n) is 5.76. The molecule has 1 N–H and O–H groups in total. The Balaban J connectivity index is 1.63. The third-order valence-corrected chi connectivity index (χ3v) is 4.10. The van der Waals surface area contributed by atoms with E-state index in [1.807, 2.05) is 0 Å². The van der Waals surface area contributed by atoms with Crippen molar-refractivity contribution in [2.45, 2.75) is 38.5 Å². The van der Waals surface area contributed by atoms with Gasteiger partial charge in [0, 0.05) is 12.1 Å². The Morgan fingerprint density at radius 1 is 1.32 bits per heavy atom. The molecule has 1 amide bonds. The van der Waals surface area contributed by atoms with Crippen LogP contribution in [0, 0.1) is 11.7 Å². The maximum absolute atomic E-state index is 14.1. The van der Waals surface area contributed by atoms with E-state index in [1.165, 1.54) is 42.7 Å². The quantitative estimate of drug-likeness (QED) is 0.942. The first-order valence-corrected chi connectivity index (χ1v) is 7.67. The number of carbonyl (C=O) groups excluding carboxylic acids is 1. The highest BCUT2D eigenvalue weighted by Gasteiger charge is 2.17. The van der Waals surface area contributed by atoms with Crippen LogP contribution in [0.4, 0.5) is 10.1 Å². The average molecular weight is 302 g/mol. The van der Waals surface area contributed by atoms with Crippen molar-refractivity contribution >= 4 is 11.6 Å². The average Bonchev–Trinajstić information content (AvgIpc) is 3.02. The lowest BCUT2D eigenvalue weighted by molar-refractivity contribution is -0.117. The molecule has 1 saturated carbocycles. The molecule has 116 valence electrons. The van der Waals surface area contributed by atoms with Gasteiger partial charge in [0.15, 0.2) is 5.82 Å². The smallest absolute Gasteiger partial charge is 0.224 e. The third kappa shape index (κ3) is 3.50. The van der Waals surface area contributed by atoms with Gasteiger partial charge in [-0.1, -0.05) is 19.3 Å². The molecule has 0 aliphatic heterocycles. The van der Waals surface area contributed by atoms with E-state index in [2.05, 4.69) is 15.4 Å². The van der Waals surface area contributed by atoms with Gasteiger partial charge in [-0.25, -0.2) is 14.1 Å². The van der Waals surface area contributed by atoms with E-state index < -0.39 is 5.82 Å². The van der Waals surface area contributed by atoms with Gasteiger partial charge in [-0.15, -0.1) is 0 Å². The van der Waals surface area contributed by atoms with Crippen LogP contribution in [0.25, 0.3) is 5.69 Å². The normalized spacial score (nSPS) is 15.7.